The molecule has 0 aromatic heterocycles. The van der Waals surface area contributed by atoms with Crippen LogP contribution >= 0.6 is 10.7 Å². The first-order valence-corrected chi connectivity index (χ1v) is 8.53. The summed E-state index contributed by atoms with van der Waals surface area (Å²) in [5.74, 6) is 0.195. The Morgan fingerprint density at radius 3 is 2.70 bits per heavy atom. The largest absolute Gasteiger partial charge is 0.487 e. The zero-order valence-electron chi connectivity index (χ0n) is 11.1. The fourth-order valence-corrected chi connectivity index (χ4v) is 4.14. The summed E-state index contributed by atoms with van der Waals surface area (Å²) in [6, 6.07) is 5.02. The van der Waals surface area contributed by atoms with E-state index in [0.717, 1.165) is 16.3 Å². The van der Waals surface area contributed by atoms with Crippen molar-refractivity contribution < 1.29 is 17.9 Å². The molecule has 1 amide bonds. The Morgan fingerprint density at radius 1 is 1.40 bits per heavy atom. The van der Waals surface area contributed by atoms with Crippen molar-refractivity contribution in [1.82, 2.24) is 4.31 Å². The van der Waals surface area contributed by atoms with Gasteiger partial charge < -0.3 is 4.74 Å². The number of hydrogen-bond donors (Lipinski definition) is 0. The summed E-state index contributed by atoms with van der Waals surface area (Å²) in [7, 11) is 1.26. The summed E-state index contributed by atoms with van der Waals surface area (Å²) in [4.78, 5) is 11.5. The molecule has 3 rings (SSSR count). The van der Waals surface area contributed by atoms with Crippen LogP contribution in [0.15, 0.2) is 18.2 Å². The van der Waals surface area contributed by atoms with Gasteiger partial charge in [-0.2, -0.15) is 8.42 Å². The maximum atomic E-state index is 11.5. The smallest absolute Gasteiger partial charge is 0.324 e. The van der Waals surface area contributed by atoms with E-state index in [1.807, 2.05) is 26.0 Å². The summed E-state index contributed by atoms with van der Waals surface area (Å²) in [5, 5.41) is 0. The molecule has 0 N–H and O–H groups in total. The van der Waals surface area contributed by atoms with E-state index in [-0.39, 0.29) is 12.0 Å². The molecule has 1 fully saturated rings. The number of carbonyl (C=O) groups excluding carboxylic acids is 1. The lowest BCUT2D eigenvalue weighted by molar-refractivity contribution is -0.137. The van der Waals surface area contributed by atoms with Gasteiger partial charge in [0.2, 0.25) is 5.91 Å². The molecule has 0 saturated carbocycles. The van der Waals surface area contributed by atoms with E-state index in [4.69, 9.17) is 15.4 Å². The van der Waals surface area contributed by atoms with E-state index in [0.29, 0.717) is 11.3 Å². The third kappa shape index (κ3) is 2.07. The third-order valence-corrected chi connectivity index (χ3v) is 4.99. The molecule has 1 saturated heterocycles. The van der Waals surface area contributed by atoms with Crippen molar-refractivity contribution in [2.45, 2.75) is 38.3 Å². The van der Waals surface area contributed by atoms with Gasteiger partial charge in [-0.05, 0) is 19.4 Å². The highest BCUT2D eigenvalue weighted by Gasteiger charge is 2.47. The van der Waals surface area contributed by atoms with Gasteiger partial charge in [0.15, 0.2) is 0 Å². The molecule has 108 valence electrons. The Bertz CT molecular complexity index is 698. The molecule has 2 aliphatic rings. The topological polar surface area (TPSA) is 63.7 Å². The molecule has 7 heteroatoms. The summed E-state index contributed by atoms with van der Waals surface area (Å²) < 4.78 is 29.6. The Labute approximate surface area is 122 Å². The summed E-state index contributed by atoms with van der Waals surface area (Å²) in [6.07, 6.45) is 0.886. The number of hydrogen-bond acceptors (Lipinski definition) is 4. The van der Waals surface area contributed by atoms with Crippen LogP contribution in [-0.2, 0) is 20.5 Å². The second-order valence-electron chi connectivity index (χ2n) is 5.73. The predicted molar refractivity (Wildman–Crippen MR) is 73.8 cm³/mol. The van der Waals surface area contributed by atoms with Gasteiger partial charge in [-0.25, -0.2) is 4.31 Å². The van der Waals surface area contributed by atoms with Crippen LogP contribution in [0.1, 0.15) is 37.4 Å². The molecule has 1 unspecified atom stereocenters. The van der Waals surface area contributed by atoms with Crippen molar-refractivity contribution in [1.29, 1.82) is 0 Å². The van der Waals surface area contributed by atoms with Crippen molar-refractivity contribution in [3.8, 4) is 5.75 Å². The second kappa shape index (κ2) is 4.11. The van der Waals surface area contributed by atoms with Crippen molar-refractivity contribution in [3.05, 3.63) is 29.3 Å². The normalized spacial score (nSPS) is 24.1. The number of para-hydroxylation sites is 1. The van der Waals surface area contributed by atoms with Gasteiger partial charge in [0.1, 0.15) is 11.4 Å². The van der Waals surface area contributed by atoms with Crippen LogP contribution in [-0.4, -0.2) is 24.2 Å². The number of ether oxygens (including phenoxy) is 1. The number of β-lactam (4-membered cyclic amide) rings is 1. The first-order valence-electron chi connectivity index (χ1n) is 6.27. The highest BCUT2D eigenvalue weighted by Crippen LogP contribution is 2.46. The molecule has 5 nitrogen and oxygen atoms in total. The Balaban J connectivity index is 2.02. The van der Waals surface area contributed by atoms with Gasteiger partial charge in [0.05, 0.1) is 12.5 Å². The summed E-state index contributed by atoms with van der Waals surface area (Å²) >= 11 is 0. The molecule has 2 heterocycles. The minimum atomic E-state index is -4.06. The molecular formula is C13H14ClNO4S. The Kier molecular flexibility index (Phi) is 2.82. The average molecular weight is 316 g/mol. The van der Waals surface area contributed by atoms with Crippen LogP contribution in [0.2, 0.25) is 0 Å². The number of benzene rings is 1. The molecule has 0 aliphatic carbocycles. The van der Waals surface area contributed by atoms with E-state index in [2.05, 4.69) is 0 Å². The first kappa shape index (κ1) is 13.7. The monoisotopic (exact) mass is 315 g/mol. The summed E-state index contributed by atoms with van der Waals surface area (Å²) in [5.41, 5.74) is 1.41. The average Bonchev–Trinajstić information content (AvgIpc) is 2.56. The number of halogens is 1. The van der Waals surface area contributed by atoms with Crippen molar-refractivity contribution >= 4 is 25.8 Å². The molecule has 1 aromatic carbocycles. The van der Waals surface area contributed by atoms with Crippen molar-refractivity contribution in [2.24, 2.45) is 0 Å². The minimum Gasteiger partial charge on any atom is -0.487 e. The quantitative estimate of drug-likeness (QED) is 0.619. The van der Waals surface area contributed by atoms with E-state index in [9.17, 15) is 13.2 Å². The maximum Gasteiger partial charge on any atom is 0.324 e. The van der Waals surface area contributed by atoms with E-state index >= 15 is 0 Å². The van der Waals surface area contributed by atoms with Crippen LogP contribution in [0.25, 0.3) is 0 Å². The Morgan fingerprint density at radius 2 is 2.10 bits per heavy atom. The molecule has 0 spiro atoms. The van der Waals surface area contributed by atoms with E-state index < -0.39 is 21.2 Å². The number of fused-ring (bicyclic) bond motifs is 1. The van der Waals surface area contributed by atoms with Gasteiger partial charge in [0, 0.05) is 22.7 Å². The molecule has 1 atom stereocenters. The Hall–Kier alpha value is -1.27. The van der Waals surface area contributed by atoms with Crippen LogP contribution in [0, 0.1) is 0 Å². The van der Waals surface area contributed by atoms with Gasteiger partial charge in [-0.1, -0.05) is 18.2 Å². The van der Waals surface area contributed by atoms with Crippen LogP contribution < -0.4 is 4.74 Å². The fraction of sp³-hybridized carbons (Fsp3) is 0.462. The standard InChI is InChI=1S/C13H14ClNO4S/c1-13(2)7-8-4-3-5-9(12(8)19-13)10-6-11(16)15(10)20(14,17)18/h3-5,10H,6-7H2,1-2H3. The van der Waals surface area contributed by atoms with Crippen LogP contribution in [0.5, 0.6) is 5.75 Å². The number of carbonyl (C=O) groups is 1. The van der Waals surface area contributed by atoms with Gasteiger partial charge in [-0.15, -0.1) is 0 Å². The van der Waals surface area contributed by atoms with Gasteiger partial charge in [0.25, 0.3) is 0 Å². The van der Waals surface area contributed by atoms with E-state index in [1.54, 1.807) is 6.07 Å². The lowest BCUT2D eigenvalue weighted by Crippen LogP contribution is -2.48. The molecule has 2 aliphatic heterocycles. The lowest BCUT2D eigenvalue weighted by Gasteiger charge is -2.38. The second-order valence-corrected chi connectivity index (χ2v) is 8.11. The molecule has 0 radical (unpaired) electrons. The zero-order chi connectivity index (χ0) is 14.7. The SMILES string of the molecule is CC1(C)Cc2cccc(C3CC(=O)N3S(=O)(=O)Cl)c2O1. The predicted octanol–water partition coefficient (Wildman–Crippen LogP) is 2.16. The molecular weight excluding hydrogens is 302 g/mol. The number of amides is 1. The zero-order valence-corrected chi connectivity index (χ0v) is 12.7. The lowest BCUT2D eigenvalue weighted by atomic mass is 9.93. The maximum absolute atomic E-state index is 11.5. The first-order chi connectivity index (χ1) is 9.19. The molecule has 1 aromatic rings. The highest BCUT2D eigenvalue weighted by molar-refractivity contribution is 8.12. The molecule has 0 bridgehead atoms. The third-order valence-electron chi connectivity index (χ3n) is 3.61. The summed E-state index contributed by atoms with van der Waals surface area (Å²) in [6.45, 7) is 3.94. The minimum absolute atomic E-state index is 0.131. The molecule has 20 heavy (non-hydrogen) atoms. The van der Waals surface area contributed by atoms with Crippen LogP contribution in [0.3, 0.4) is 0 Å². The van der Waals surface area contributed by atoms with Crippen molar-refractivity contribution in [2.75, 3.05) is 0 Å². The fourth-order valence-electron chi connectivity index (χ4n) is 2.81. The van der Waals surface area contributed by atoms with Crippen LogP contribution in [0.4, 0.5) is 0 Å². The highest BCUT2D eigenvalue weighted by atomic mass is 35.7. The number of nitrogens with zero attached hydrogens (tertiary/aromatic N) is 1. The van der Waals surface area contributed by atoms with Gasteiger partial charge >= 0.3 is 9.24 Å². The van der Waals surface area contributed by atoms with Gasteiger partial charge in [-0.3, -0.25) is 4.79 Å². The number of rotatable bonds is 2. The van der Waals surface area contributed by atoms with Crippen molar-refractivity contribution in [3.63, 3.8) is 0 Å². The van der Waals surface area contributed by atoms with E-state index in [1.165, 1.54) is 0 Å².